The molecule has 7 nitrogen and oxygen atoms in total. The second-order valence-corrected chi connectivity index (χ2v) is 7.40. The molecule has 2 aromatic carbocycles. The Labute approximate surface area is 173 Å². The summed E-state index contributed by atoms with van der Waals surface area (Å²) >= 11 is 0. The number of aromatic nitrogens is 4. The molecule has 0 saturated carbocycles. The van der Waals surface area contributed by atoms with Gasteiger partial charge in [-0.15, -0.1) is 0 Å². The summed E-state index contributed by atoms with van der Waals surface area (Å²) in [6.07, 6.45) is 1.49. The summed E-state index contributed by atoms with van der Waals surface area (Å²) in [5.41, 5.74) is 6.31. The van der Waals surface area contributed by atoms with Crippen LogP contribution < -0.4 is 0 Å². The van der Waals surface area contributed by atoms with Crippen molar-refractivity contribution in [2.24, 2.45) is 0 Å². The van der Waals surface area contributed by atoms with E-state index in [1.807, 2.05) is 23.1 Å². The molecule has 0 spiro atoms. The third-order valence-corrected chi connectivity index (χ3v) is 5.52. The summed E-state index contributed by atoms with van der Waals surface area (Å²) in [7, 11) is 0. The molecule has 3 heterocycles. The summed E-state index contributed by atoms with van der Waals surface area (Å²) in [4.78, 5) is 14.9. The SMILES string of the molecule is O=C(c1cc(-c2ccc(O)cc2)n[nH]1)N1CCc2[nH]nc(-c3ccccc3)c2CC1. The molecule has 30 heavy (non-hydrogen) atoms. The van der Waals surface area contributed by atoms with Gasteiger partial charge in [0.05, 0.1) is 11.4 Å². The number of benzene rings is 2. The lowest BCUT2D eigenvalue weighted by Crippen LogP contribution is -2.33. The fourth-order valence-corrected chi connectivity index (χ4v) is 3.90. The molecule has 0 bridgehead atoms. The molecule has 2 aromatic heterocycles. The van der Waals surface area contributed by atoms with Crippen LogP contribution in [0.5, 0.6) is 5.75 Å². The molecule has 150 valence electrons. The lowest BCUT2D eigenvalue weighted by Gasteiger charge is -2.19. The van der Waals surface area contributed by atoms with E-state index in [0.717, 1.165) is 35.4 Å². The Morgan fingerprint density at radius 1 is 0.900 bits per heavy atom. The number of hydrogen-bond acceptors (Lipinski definition) is 4. The van der Waals surface area contributed by atoms with E-state index in [9.17, 15) is 9.90 Å². The smallest absolute Gasteiger partial charge is 0.271 e. The molecule has 0 aliphatic carbocycles. The zero-order valence-electron chi connectivity index (χ0n) is 16.3. The summed E-state index contributed by atoms with van der Waals surface area (Å²) in [6.45, 7) is 1.24. The molecule has 1 aliphatic heterocycles. The Morgan fingerprint density at radius 2 is 1.67 bits per heavy atom. The maximum absolute atomic E-state index is 13.1. The van der Waals surface area contributed by atoms with Gasteiger partial charge in [0.25, 0.3) is 5.91 Å². The summed E-state index contributed by atoms with van der Waals surface area (Å²) in [5.74, 6) is 0.134. The van der Waals surface area contributed by atoms with Gasteiger partial charge in [0, 0.05) is 41.9 Å². The standard InChI is InChI=1S/C23H21N5O2/c29-17-8-6-15(7-9-17)20-14-21(26-25-20)23(30)28-12-10-18-19(11-13-28)24-27-22(18)16-4-2-1-3-5-16/h1-9,14,29H,10-13H2,(H,24,27)(H,25,26). The monoisotopic (exact) mass is 399 g/mol. The first-order chi connectivity index (χ1) is 14.7. The minimum atomic E-state index is -0.0631. The lowest BCUT2D eigenvalue weighted by atomic mass is 10.0. The van der Waals surface area contributed by atoms with Crippen molar-refractivity contribution in [3.63, 3.8) is 0 Å². The van der Waals surface area contributed by atoms with Crippen LogP contribution in [-0.2, 0) is 12.8 Å². The number of phenols is 1. The first-order valence-corrected chi connectivity index (χ1v) is 9.94. The van der Waals surface area contributed by atoms with Gasteiger partial charge in [-0.05, 0) is 36.8 Å². The maximum atomic E-state index is 13.1. The van der Waals surface area contributed by atoms with Gasteiger partial charge in [0.2, 0.25) is 0 Å². The third-order valence-electron chi connectivity index (χ3n) is 5.52. The van der Waals surface area contributed by atoms with E-state index in [2.05, 4.69) is 32.5 Å². The van der Waals surface area contributed by atoms with Crippen LogP contribution in [0.3, 0.4) is 0 Å². The molecule has 4 aromatic rings. The van der Waals surface area contributed by atoms with E-state index in [4.69, 9.17) is 0 Å². The molecular weight excluding hydrogens is 378 g/mol. The average Bonchev–Trinajstić information content (AvgIpc) is 3.37. The fourth-order valence-electron chi connectivity index (χ4n) is 3.90. The zero-order valence-corrected chi connectivity index (χ0v) is 16.3. The fraction of sp³-hybridized carbons (Fsp3) is 0.174. The molecule has 0 unspecified atom stereocenters. The van der Waals surface area contributed by atoms with Crippen LogP contribution in [0.1, 0.15) is 21.7 Å². The normalized spacial score (nSPS) is 13.7. The predicted octanol–water partition coefficient (Wildman–Crippen LogP) is 3.41. The number of rotatable bonds is 3. The Hall–Kier alpha value is -3.87. The number of amides is 1. The second-order valence-electron chi connectivity index (χ2n) is 7.40. The molecule has 7 heteroatoms. The van der Waals surface area contributed by atoms with Crippen LogP contribution in [-0.4, -0.2) is 49.4 Å². The number of carbonyl (C=O) groups is 1. The largest absolute Gasteiger partial charge is 0.508 e. The number of fused-ring (bicyclic) bond motifs is 1. The molecule has 3 N–H and O–H groups in total. The summed E-state index contributed by atoms with van der Waals surface area (Å²) < 4.78 is 0. The molecule has 5 rings (SSSR count). The minimum Gasteiger partial charge on any atom is -0.508 e. The number of nitrogens with zero attached hydrogens (tertiary/aromatic N) is 3. The van der Waals surface area contributed by atoms with E-state index in [1.165, 1.54) is 5.56 Å². The third kappa shape index (κ3) is 3.34. The van der Waals surface area contributed by atoms with Crippen LogP contribution in [0.25, 0.3) is 22.5 Å². The van der Waals surface area contributed by atoms with Crippen LogP contribution in [0.4, 0.5) is 0 Å². The van der Waals surface area contributed by atoms with Crippen LogP contribution in [0, 0.1) is 0 Å². The van der Waals surface area contributed by atoms with Crippen molar-refractivity contribution in [3.8, 4) is 28.3 Å². The highest BCUT2D eigenvalue weighted by atomic mass is 16.3. The van der Waals surface area contributed by atoms with Crippen LogP contribution >= 0.6 is 0 Å². The highest BCUT2D eigenvalue weighted by Gasteiger charge is 2.24. The van der Waals surface area contributed by atoms with Crippen LogP contribution in [0.2, 0.25) is 0 Å². The van der Waals surface area contributed by atoms with Gasteiger partial charge in [-0.25, -0.2) is 0 Å². The van der Waals surface area contributed by atoms with Gasteiger partial charge in [-0.3, -0.25) is 15.0 Å². The maximum Gasteiger partial charge on any atom is 0.271 e. The van der Waals surface area contributed by atoms with E-state index >= 15 is 0 Å². The van der Waals surface area contributed by atoms with Gasteiger partial charge in [-0.1, -0.05) is 30.3 Å². The second kappa shape index (κ2) is 7.51. The van der Waals surface area contributed by atoms with E-state index in [0.29, 0.717) is 24.5 Å². The summed E-state index contributed by atoms with van der Waals surface area (Å²) in [6, 6.07) is 18.6. The predicted molar refractivity (Wildman–Crippen MR) is 113 cm³/mol. The number of aromatic amines is 2. The Morgan fingerprint density at radius 3 is 2.47 bits per heavy atom. The van der Waals surface area contributed by atoms with Gasteiger partial charge in [0.1, 0.15) is 11.4 Å². The van der Waals surface area contributed by atoms with E-state index < -0.39 is 0 Å². The lowest BCUT2D eigenvalue weighted by molar-refractivity contribution is 0.0757. The van der Waals surface area contributed by atoms with Gasteiger partial charge in [-0.2, -0.15) is 10.2 Å². The molecule has 0 radical (unpaired) electrons. The molecular formula is C23H21N5O2. The molecule has 1 amide bonds. The first-order valence-electron chi connectivity index (χ1n) is 9.94. The van der Waals surface area contributed by atoms with Crippen molar-refractivity contribution in [3.05, 3.63) is 77.6 Å². The average molecular weight is 399 g/mol. The van der Waals surface area contributed by atoms with Crippen LogP contribution in [0.15, 0.2) is 60.7 Å². The number of phenolic OH excluding ortho intramolecular Hbond substituents is 1. The van der Waals surface area contributed by atoms with Crippen molar-refractivity contribution in [1.29, 1.82) is 0 Å². The first kappa shape index (κ1) is 18.2. The van der Waals surface area contributed by atoms with Gasteiger partial charge >= 0.3 is 0 Å². The number of hydrogen-bond donors (Lipinski definition) is 3. The quantitative estimate of drug-likeness (QED) is 0.492. The molecule has 1 aliphatic rings. The molecule has 0 atom stereocenters. The number of aromatic hydroxyl groups is 1. The van der Waals surface area contributed by atoms with Crippen molar-refractivity contribution in [1.82, 2.24) is 25.3 Å². The van der Waals surface area contributed by atoms with E-state index in [1.54, 1.807) is 30.3 Å². The molecule has 0 fully saturated rings. The summed E-state index contributed by atoms with van der Waals surface area (Å²) in [5, 5.41) is 24.3. The van der Waals surface area contributed by atoms with E-state index in [-0.39, 0.29) is 11.7 Å². The topological polar surface area (TPSA) is 97.9 Å². The minimum absolute atomic E-state index is 0.0631. The van der Waals surface area contributed by atoms with Gasteiger partial charge < -0.3 is 10.0 Å². The van der Waals surface area contributed by atoms with Gasteiger partial charge in [0.15, 0.2) is 0 Å². The van der Waals surface area contributed by atoms with Crippen molar-refractivity contribution in [2.45, 2.75) is 12.8 Å². The highest BCUT2D eigenvalue weighted by Crippen LogP contribution is 2.27. The van der Waals surface area contributed by atoms with Crippen molar-refractivity contribution < 1.29 is 9.90 Å². The highest BCUT2D eigenvalue weighted by molar-refractivity contribution is 5.93. The Balaban J connectivity index is 1.33. The number of carbonyl (C=O) groups excluding carboxylic acids is 1. The zero-order chi connectivity index (χ0) is 20.5. The Bertz CT molecular complexity index is 1180. The number of nitrogens with one attached hydrogen (secondary N) is 2. The Kier molecular flexibility index (Phi) is 4.55. The molecule has 0 saturated heterocycles. The van der Waals surface area contributed by atoms with Crippen molar-refractivity contribution in [2.75, 3.05) is 13.1 Å². The number of H-pyrrole nitrogens is 2. The van der Waals surface area contributed by atoms with Crippen molar-refractivity contribution >= 4 is 5.91 Å².